The van der Waals surface area contributed by atoms with Crippen molar-refractivity contribution in [3.63, 3.8) is 0 Å². The molecule has 1 aliphatic rings. The fraction of sp³-hybridized carbons (Fsp3) is 0.333. The molecule has 3 rings (SSSR count). The smallest absolute Gasteiger partial charge is 0.209 e. The second-order valence-corrected chi connectivity index (χ2v) is 6.28. The second-order valence-electron chi connectivity index (χ2n) is 6.28. The third kappa shape index (κ3) is 4.02. The highest BCUT2D eigenvalue weighted by Crippen LogP contribution is 2.16. The molecule has 6 heteroatoms. The van der Waals surface area contributed by atoms with Gasteiger partial charge in [-0.2, -0.15) is 5.01 Å². The van der Waals surface area contributed by atoms with Gasteiger partial charge in [0.15, 0.2) is 6.29 Å². The van der Waals surface area contributed by atoms with E-state index in [4.69, 9.17) is 0 Å². The number of hydrogen-bond acceptors (Lipinski definition) is 6. The van der Waals surface area contributed by atoms with E-state index >= 15 is 0 Å². The molecule has 2 heterocycles. The van der Waals surface area contributed by atoms with Gasteiger partial charge in [0, 0.05) is 18.9 Å². The van der Waals surface area contributed by atoms with Crippen molar-refractivity contribution < 1.29 is 0 Å². The second kappa shape index (κ2) is 6.88. The molecule has 0 amide bonds. The molecule has 1 aliphatic heterocycles. The Balaban J connectivity index is 1.62. The zero-order chi connectivity index (χ0) is 17.1. The van der Waals surface area contributed by atoms with Crippen molar-refractivity contribution in [2.45, 2.75) is 33.6 Å². The third-order valence-electron chi connectivity index (χ3n) is 3.83. The first kappa shape index (κ1) is 16.3. The summed E-state index contributed by atoms with van der Waals surface area (Å²) in [4.78, 5) is 9.03. The number of guanidine groups is 1. The Hall–Kier alpha value is -2.60. The third-order valence-corrected chi connectivity index (χ3v) is 3.83. The van der Waals surface area contributed by atoms with Crippen molar-refractivity contribution in [2.75, 3.05) is 12.4 Å². The van der Waals surface area contributed by atoms with Crippen molar-refractivity contribution in [1.29, 1.82) is 0 Å². The zero-order valence-electron chi connectivity index (χ0n) is 14.6. The number of nitrogens with zero attached hydrogens (tertiary/aromatic N) is 3. The number of anilines is 1. The number of hydrogen-bond donors (Lipinski definition) is 3. The number of rotatable bonds is 4. The Morgan fingerprint density at radius 1 is 1.08 bits per heavy atom. The molecule has 0 bridgehead atoms. The lowest BCUT2D eigenvalue weighted by molar-refractivity contribution is 0.260. The van der Waals surface area contributed by atoms with Crippen LogP contribution >= 0.6 is 0 Å². The molecule has 0 saturated heterocycles. The number of hydrazine groups is 1. The van der Waals surface area contributed by atoms with Gasteiger partial charge in [-0.25, -0.2) is 4.99 Å². The molecule has 0 spiro atoms. The number of aromatic nitrogens is 1. The van der Waals surface area contributed by atoms with Crippen LogP contribution in [0.3, 0.4) is 0 Å². The maximum atomic E-state index is 4.64. The first-order valence-corrected chi connectivity index (χ1v) is 8.07. The molecule has 24 heavy (non-hydrogen) atoms. The predicted molar refractivity (Wildman–Crippen MR) is 97.5 cm³/mol. The molecule has 3 N–H and O–H groups in total. The maximum Gasteiger partial charge on any atom is 0.209 e. The minimum absolute atomic E-state index is 0.153. The molecule has 126 valence electrons. The van der Waals surface area contributed by atoms with Crippen LogP contribution in [0.2, 0.25) is 0 Å². The minimum Gasteiger partial charge on any atom is -0.350 e. The van der Waals surface area contributed by atoms with Crippen LogP contribution in [-0.4, -0.2) is 29.3 Å². The van der Waals surface area contributed by atoms with Crippen LogP contribution in [0.1, 0.15) is 22.4 Å². The molecular weight excluding hydrogens is 300 g/mol. The van der Waals surface area contributed by atoms with Gasteiger partial charge in [0.25, 0.3) is 0 Å². The highest BCUT2D eigenvalue weighted by atomic mass is 15.7. The van der Waals surface area contributed by atoms with Gasteiger partial charge in [-0.3, -0.25) is 10.4 Å². The van der Waals surface area contributed by atoms with Gasteiger partial charge in [0.1, 0.15) is 0 Å². The normalized spacial score (nSPS) is 17.3. The van der Waals surface area contributed by atoms with Crippen LogP contribution in [0, 0.1) is 20.8 Å². The predicted octanol–water partition coefficient (Wildman–Crippen LogP) is 2.30. The summed E-state index contributed by atoms with van der Waals surface area (Å²) in [6.07, 6.45) is 1.72. The van der Waals surface area contributed by atoms with E-state index in [-0.39, 0.29) is 6.29 Å². The monoisotopic (exact) mass is 324 g/mol. The quantitative estimate of drug-likeness (QED) is 0.805. The Labute approximate surface area is 143 Å². The Bertz CT molecular complexity index is 717. The van der Waals surface area contributed by atoms with E-state index in [9.17, 15) is 0 Å². The van der Waals surface area contributed by atoms with Gasteiger partial charge in [-0.1, -0.05) is 12.1 Å². The number of nitrogens with one attached hydrogen (secondary N) is 3. The SMILES string of the molecule is Cc1ccc(CNC2=NC(Nc3cc(C)cc(C)c3)N(C)N2)nc1. The summed E-state index contributed by atoms with van der Waals surface area (Å²) < 4.78 is 0. The molecule has 2 aromatic rings. The summed E-state index contributed by atoms with van der Waals surface area (Å²) in [5.41, 5.74) is 8.90. The molecule has 0 aliphatic carbocycles. The van der Waals surface area contributed by atoms with Crippen LogP contribution in [0.15, 0.2) is 41.5 Å². The fourth-order valence-corrected chi connectivity index (χ4v) is 2.66. The van der Waals surface area contributed by atoms with Crippen LogP contribution < -0.4 is 16.1 Å². The molecule has 0 radical (unpaired) electrons. The molecule has 1 aromatic heterocycles. The van der Waals surface area contributed by atoms with Crippen LogP contribution in [0.25, 0.3) is 0 Å². The van der Waals surface area contributed by atoms with E-state index < -0.39 is 0 Å². The highest BCUT2D eigenvalue weighted by molar-refractivity contribution is 5.81. The Morgan fingerprint density at radius 3 is 2.50 bits per heavy atom. The van der Waals surface area contributed by atoms with E-state index in [0.29, 0.717) is 6.54 Å². The molecular formula is C18H24N6. The largest absolute Gasteiger partial charge is 0.350 e. The van der Waals surface area contributed by atoms with Crippen molar-refractivity contribution in [3.05, 3.63) is 58.9 Å². The van der Waals surface area contributed by atoms with Gasteiger partial charge in [-0.05, 0) is 55.7 Å². The molecule has 0 fully saturated rings. The van der Waals surface area contributed by atoms with Gasteiger partial charge in [-0.15, -0.1) is 0 Å². The number of aryl methyl sites for hydroxylation is 3. The van der Waals surface area contributed by atoms with E-state index in [1.165, 1.54) is 11.1 Å². The minimum atomic E-state index is -0.153. The topological polar surface area (TPSA) is 64.6 Å². The number of aliphatic imine (C=N–C) groups is 1. The van der Waals surface area contributed by atoms with E-state index in [1.807, 2.05) is 31.2 Å². The van der Waals surface area contributed by atoms with Gasteiger partial charge in [0.05, 0.1) is 12.2 Å². The maximum absolute atomic E-state index is 4.64. The van der Waals surface area contributed by atoms with Gasteiger partial charge < -0.3 is 10.6 Å². The molecule has 0 saturated carbocycles. The summed E-state index contributed by atoms with van der Waals surface area (Å²) in [5, 5.41) is 8.64. The summed E-state index contributed by atoms with van der Waals surface area (Å²) in [6.45, 7) is 6.86. The molecule has 1 atom stereocenters. The molecule has 1 aromatic carbocycles. The van der Waals surface area contributed by atoms with E-state index in [2.05, 4.69) is 64.1 Å². The lowest BCUT2D eigenvalue weighted by Crippen LogP contribution is -2.44. The zero-order valence-corrected chi connectivity index (χ0v) is 14.6. The Morgan fingerprint density at radius 2 is 1.83 bits per heavy atom. The average Bonchev–Trinajstić information content (AvgIpc) is 2.86. The van der Waals surface area contributed by atoms with Gasteiger partial charge in [0.2, 0.25) is 5.96 Å². The average molecular weight is 324 g/mol. The number of benzene rings is 1. The summed E-state index contributed by atoms with van der Waals surface area (Å²) in [5.74, 6) is 0.738. The Kier molecular flexibility index (Phi) is 4.66. The lowest BCUT2D eigenvalue weighted by atomic mass is 10.1. The fourth-order valence-electron chi connectivity index (χ4n) is 2.66. The standard InChI is InChI=1S/C18H24N6/c1-12-5-6-15(19-10-12)11-20-17-22-18(24(4)23-17)21-16-8-13(2)7-14(3)9-16/h5-10,18,21H,11H2,1-4H3,(H2,20,22,23). The van der Waals surface area contributed by atoms with Gasteiger partial charge >= 0.3 is 0 Å². The first-order valence-electron chi connectivity index (χ1n) is 8.07. The summed E-state index contributed by atoms with van der Waals surface area (Å²) in [6, 6.07) is 10.5. The van der Waals surface area contributed by atoms with Crippen molar-refractivity contribution >= 4 is 11.6 Å². The summed E-state index contributed by atoms with van der Waals surface area (Å²) >= 11 is 0. The first-order chi connectivity index (χ1) is 11.5. The van der Waals surface area contributed by atoms with Crippen molar-refractivity contribution in [3.8, 4) is 0 Å². The molecule has 6 nitrogen and oxygen atoms in total. The summed E-state index contributed by atoms with van der Waals surface area (Å²) in [7, 11) is 1.96. The molecule has 1 unspecified atom stereocenters. The lowest BCUT2D eigenvalue weighted by Gasteiger charge is -2.20. The van der Waals surface area contributed by atoms with Crippen LogP contribution in [0.4, 0.5) is 5.69 Å². The van der Waals surface area contributed by atoms with E-state index in [0.717, 1.165) is 22.9 Å². The highest BCUT2D eigenvalue weighted by Gasteiger charge is 2.22. The van der Waals surface area contributed by atoms with Crippen molar-refractivity contribution in [1.82, 2.24) is 20.7 Å². The van der Waals surface area contributed by atoms with Crippen LogP contribution in [0.5, 0.6) is 0 Å². The number of pyridine rings is 1. The van der Waals surface area contributed by atoms with E-state index in [1.54, 1.807) is 0 Å². The van der Waals surface area contributed by atoms with Crippen molar-refractivity contribution in [2.24, 2.45) is 4.99 Å². The van der Waals surface area contributed by atoms with Crippen LogP contribution in [-0.2, 0) is 6.54 Å².